The van der Waals surface area contributed by atoms with Crippen LogP contribution in [0.25, 0.3) is 0 Å². The summed E-state index contributed by atoms with van der Waals surface area (Å²) in [5.41, 5.74) is 0. The number of carbonyl (C=O) groups is 2. The number of esters is 2. The molecule has 1 fully saturated rings. The first-order chi connectivity index (χ1) is 23.8. The highest BCUT2D eigenvalue weighted by Gasteiger charge is 2.44. The van der Waals surface area contributed by atoms with E-state index >= 15 is 0 Å². The fourth-order valence-electron chi connectivity index (χ4n) is 6.25. The monoisotopic (exact) mass is 703 g/mol. The molecule has 10 nitrogen and oxygen atoms in total. The van der Waals surface area contributed by atoms with Crippen LogP contribution >= 0.6 is 0 Å². The van der Waals surface area contributed by atoms with Gasteiger partial charge in [-0.3, -0.25) is 9.59 Å². The van der Waals surface area contributed by atoms with Crippen molar-refractivity contribution in [2.24, 2.45) is 0 Å². The molecule has 0 bridgehead atoms. The minimum absolute atomic E-state index is 0.210. The molecule has 0 aromatic rings. The van der Waals surface area contributed by atoms with E-state index in [-0.39, 0.29) is 32.0 Å². The number of unbranched alkanes of at least 4 members (excludes halogenated alkanes) is 22. The Morgan fingerprint density at radius 3 is 1.39 bits per heavy atom. The molecule has 0 aliphatic carbocycles. The Bertz CT molecular complexity index is 779. The first-order valence-corrected chi connectivity index (χ1v) is 20.1. The van der Waals surface area contributed by atoms with Crippen LogP contribution < -0.4 is 0 Å². The minimum Gasteiger partial charge on any atom is -0.462 e. The van der Waals surface area contributed by atoms with Crippen LogP contribution in [-0.2, 0) is 28.5 Å². The third-order valence-electron chi connectivity index (χ3n) is 9.49. The Balaban J connectivity index is 2.37. The summed E-state index contributed by atoms with van der Waals surface area (Å²) < 4.78 is 22.1. The van der Waals surface area contributed by atoms with Crippen LogP contribution in [0.3, 0.4) is 0 Å². The lowest BCUT2D eigenvalue weighted by molar-refractivity contribution is -0.305. The van der Waals surface area contributed by atoms with E-state index in [4.69, 9.17) is 18.9 Å². The lowest BCUT2D eigenvalue weighted by Gasteiger charge is -2.39. The van der Waals surface area contributed by atoms with Crippen LogP contribution in [0, 0.1) is 0 Å². The molecule has 0 amide bonds. The molecule has 0 radical (unpaired) electrons. The zero-order valence-corrected chi connectivity index (χ0v) is 31.2. The second-order valence-electron chi connectivity index (χ2n) is 14.1. The lowest BCUT2D eigenvalue weighted by Crippen LogP contribution is -2.59. The summed E-state index contributed by atoms with van der Waals surface area (Å²) in [6.45, 7) is 3.41. The van der Waals surface area contributed by atoms with Gasteiger partial charge < -0.3 is 39.4 Å². The smallest absolute Gasteiger partial charge is 0.306 e. The summed E-state index contributed by atoms with van der Waals surface area (Å²) in [7, 11) is 0. The van der Waals surface area contributed by atoms with Crippen LogP contribution in [0.5, 0.6) is 0 Å². The summed E-state index contributed by atoms with van der Waals surface area (Å²) in [6.07, 6.45) is 21.1. The highest BCUT2D eigenvalue weighted by Crippen LogP contribution is 2.22. The van der Waals surface area contributed by atoms with Gasteiger partial charge in [-0.25, -0.2) is 0 Å². The van der Waals surface area contributed by atoms with Crippen molar-refractivity contribution in [1.29, 1.82) is 0 Å². The predicted octanol–water partition coefficient (Wildman–Crippen LogP) is 7.44. The van der Waals surface area contributed by atoms with Crippen molar-refractivity contribution in [3.8, 4) is 0 Å². The van der Waals surface area contributed by atoms with Crippen molar-refractivity contribution in [2.45, 2.75) is 218 Å². The standard InChI is InChI=1S/C39H74O10/c1-3-5-7-9-11-13-15-16-18-19-21-23-25-27-34(41)46-30-32(31-47-39-38(45)37(44)36(43)33(29-40)49-39)48-35(42)28-26-24-22-20-17-14-12-10-8-6-4-2/h32-33,36-40,43-45H,3-31H2,1-2H3/t32-,33-,36+,37+,38-,39-/m1/s1. The number of ether oxygens (including phenoxy) is 4. The zero-order chi connectivity index (χ0) is 36.0. The van der Waals surface area contributed by atoms with Gasteiger partial charge in [0.25, 0.3) is 0 Å². The highest BCUT2D eigenvalue weighted by molar-refractivity contribution is 5.70. The van der Waals surface area contributed by atoms with Crippen molar-refractivity contribution in [3.63, 3.8) is 0 Å². The number of carbonyl (C=O) groups excluding carboxylic acids is 2. The minimum atomic E-state index is -1.59. The third kappa shape index (κ3) is 23.7. The van der Waals surface area contributed by atoms with Crippen LogP contribution in [0.4, 0.5) is 0 Å². The maximum Gasteiger partial charge on any atom is 0.306 e. The molecular weight excluding hydrogens is 628 g/mol. The first-order valence-electron chi connectivity index (χ1n) is 20.1. The number of rotatable bonds is 33. The predicted molar refractivity (Wildman–Crippen MR) is 192 cm³/mol. The van der Waals surface area contributed by atoms with Crippen LogP contribution in [0.1, 0.15) is 181 Å². The SMILES string of the molecule is CCCCCCCCCCCCCCCC(=O)OC[C@H](CO[C@@H]1O[C@H](CO)[C@H](O)[C@H](O)[C@H]1O)OC(=O)CCCCCCCCCCCCC. The van der Waals surface area contributed by atoms with Gasteiger partial charge in [-0.2, -0.15) is 0 Å². The Labute approximate surface area is 298 Å². The normalized spacial score (nSPS) is 21.5. The molecule has 1 saturated heterocycles. The summed E-state index contributed by atoms with van der Waals surface area (Å²) in [4.78, 5) is 25.2. The van der Waals surface area contributed by atoms with Gasteiger partial charge in [0, 0.05) is 12.8 Å². The molecule has 1 heterocycles. The zero-order valence-electron chi connectivity index (χ0n) is 31.2. The van der Waals surface area contributed by atoms with E-state index in [0.29, 0.717) is 6.42 Å². The van der Waals surface area contributed by atoms with Crippen molar-refractivity contribution in [1.82, 2.24) is 0 Å². The number of hydrogen-bond donors (Lipinski definition) is 4. The van der Waals surface area contributed by atoms with Gasteiger partial charge >= 0.3 is 11.9 Å². The molecule has 0 saturated carbocycles. The average Bonchev–Trinajstić information content (AvgIpc) is 3.10. The first kappa shape index (κ1) is 45.7. The fraction of sp³-hybridized carbons (Fsp3) is 0.949. The molecule has 0 aromatic carbocycles. The summed E-state index contributed by atoms with van der Waals surface area (Å²) in [5, 5.41) is 39.9. The van der Waals surface area contributed by atoms with Gasteiger partial charge in [-0.1, -0.05) is 155 Å². The maximum absolute atomic E-state index is 12.7. The molecule has 49 heavy (non-hydrogen) atoms. The van der Waals surface area contributed by atoms with Gasteiger partial charge in [-0.05, 0) is 12.8 Å². The number of aliphatic hydroxyl groups is 4. The molecule has 0 aromatic heterocycles. The third-order valence-corrected chi connectivity index (χ3v) is 9.49. The fourth-order valence-corrected chi connectivity index (χ4v) is 6.25. The van der Waals surface area contributed by atoms with Crippen molar-refractivity contribution >= 4 is 11.9 Å². The highest BCUT2D eigenvalue weighted by atomic mass is 16.7. The van der Waals surface area contributed by atoms with Gasteiger partial charge in [0.05, 0.1) is 13.2 Å². The topological polar surface area (TPSA) is 152 Å². The van der Waals surface area contributed by atoms with Crippen molar-refractivity contribution < 1.29 is 49.0 Å². The summed E-state index contributed by atoms with van der Waals surface area (Å²) in [5.74, 6) is -0.798. The molecule has 6 atom stereocenters. The van der Waals surface area contributed by atoms with E-state index in [0.717, 1.165) is 38.5 Å². The largest absolute Gasteiger partial charge is 0.462 e. The van der Waals surface area contributed by atoms with E-state index in [1.165, 1.54) is 109 Å². The van der Waals surface area contributed by atoms with Gasteiger partial charge in [0.15, 0.2) is 12.4 Å². The number of aliphatic hydroxyl groups excluding tert-OH is 4. The Kier molecular flexibility index (Phi) is 29.3. The molecule has 10 heteroatoms. The molecule has 1 rings (SSSR count). The maximum atomic E-state index is 12.7. The Hall–Kier alpha value is -1.30. The molecule has 290 valence electrons. The molecule has 1 aliphatic rings. The van der Waals surface area contributed by atoms with Gasteiger partial charge in [0.2, 0.25) is 0 Å². The molecule has 0 unspecified atom stereocenters. The summed E-state index contributed by atoms with van der Waals surface area (Å²) >= 11 is 0. The van der Waals surface area contributed by atoms with E-state index in [2.05, 4.69) is 13.8 Å². The van der Waals surface area contributed by atoms with Gasteiger partial charge in [0.1, 0.15) is 31.0 Å². The lowest BCUT2D eigenvalue weighted by atomic mass is 9.99. The van der Waals surface area contributed by atoms with Crippen LogP contribution in [0.2, 0.25) is 0 Å². The van der Waals surface area contributed by atoms with Gasteiger partial charge in [-0.15, -0.1) is 0 Å². The van der Waals surface area contributed by atoms with E-state index in [1.807, 2.05) is 0 Å². The average molecular weight is 703 g/mol. The molecular formula is C39H74O10. The van der Waals surface area contributed by atoms with Crippen molar-refractivity contribution in [2.75, 3.05) is 19.8 Å². The van der Waals surface area contributed by atoms with Crippen molar-refractivity contribution in [3.05, 3.63) is 0 Å². The van der Waals surface area contributed by atoms with E-state index < -0.39 is 49.4 Å². The molecule has 4 N–H and O–H groups in total. The van der Waals surface area contributed by atoms with E-state index in [1.54, 1.807) is 0 Å². The Morgan fingerprint density at radius 2 is 0.959 bits per heavy atom. The molecule has 0 spiro atoms. The Morgan fingerprint density at radius 1 is 0.551 bits per heavy atom. The van der Waals surface area contributed by atoms with E-state index in [9.17, 15) is 30.0 Å². The molecule has 1 aliphatic heterocycles. The summed E-state index contributed by atoms with van der Waals surface area (Å²) in [6, 6.07) is 0. The second-order valence-corrected chi connectivity index (χ2v) is 14.1. The second kappa shape index (κ2) is 31.4. The number of hydrogen-bond acceptors (Lipinski definition) is 10. The van der Waals surface area contributed by atoms with Crippen LogP contribution in [-0.4, -0.2) is 89.0 Å². The quantitative estimate of drug-likeness (QED) is 0.0401. The van der Waals surface area contributed by atoms with Crippen LogP contribution in [0.15, 0.2) is 0 Å².